The molecule has 2 rings (SSSR count). The number of H-pyrrole nitrogens is 1. The van der Waals surface area contributed by atoms with Gasteiger partial charge in [-0.2, -0.15) is 0 Å². The molecule has 2 aromatic heterocycles. The Morgan fingerprint density at radius 3 is 2.61 bits per heavy atom. The van der Waals surface area contributed by atoms with E-state index in [4.69, 9.17) is 5.73 Å². The van der Waals surface area contributed by atoms with E-state index in [2.05, 4.69) is 9.97 Å². The fourth-order valence-electron chi connectivity index (χ4n) is 1.86. The molecule has 0 aromatic carbocycles. The third kappa shape index (κ3) is 1.86. The van der Waals surface area contributed by atoms with Crippen LogP contribution in [0.15, 0.2) is 9.59 Å². The number of hydrogen-bond acceptors (Lipinski definition) is 4. The number of imidazole rings is 1. The number of fused-ring (bicyclic) bond motifs is 1. The van der Waals surface area contributed by atoms with Gasteiger partial charge in [-0.3, -0.25) is 13.9 Å². The number of nitrogens with zero attached hydrogens (tertiary/aromatic N) is 3. The summed E-state index contributed by atoms with van der Waals surface area (Å²) in [6.45, 7) is 1.99. The summed E-state index contributed by atoms with van der Waals surface area (Å²) >= 11 is 0. The van der Waals surface area contributed by atoms with E-state index >= 15 is 0 Å². The van der Waals surface area contributed by atoms with Crippen LogP contribution >= 0.6 is 0 Å². The van der Waals surface area contributed by atoms with Crippen molar-refractivity contribution >= 4 is 11.2 Å². The number of nitrogens with two attached hydrogens (primary N) is 1. The number of aromatic nitrogens is 4. The number of rotatable bonds is 3. The maximum absolute atomic E-state index is 11.9. The van der Waals surface area contributed by atoms with Gasteiger partial charge >= 0.3 is 5.69 Å². The lowest BCUT2D eigenvalue weighted by molar-refractivity contribution is 0.629. The van der Waals surface area contributed by atoms with Gasteiger partial charge in [-0.1, -0.05) is 6.92 Å². The van der Waals surface area contributed by atoms with Crippen LogP contribution < -0.4 is 17.0 Å². The second-order valence-electron chi connectivity index (χ2n) is 4.46. The van der Waals surface area contributed by atoms with Crippen LogP contribution in [0.5, 0.6) is 0 Å². The molecule has 0 amide bonds. The van der Waals surface area contributed by atoms with E-state index in [0.717, 1.165) is 11.0 Å². The van der Waals surface area contributed by atoms with Crippen LogP contribution in [0, 0.1) is 0 Å². The molecule has 0 fully saturated rings. The molecule has 3 N–H and O–H groups in total. The Kier molecular flexibility index (Phi) is 3.08. The first-order valence-electron chi connectivity index (χ1n) is 5.85. The lowest BCUT2D eigenvalue weighted by atomic mass is 10.2. The highest BCUT2D eigenvalue weighted by Gasteiger charge is 2.14. The Balaban J connectivity index is 2.65. The maximum atomic E-state index is 11.9. The molecule has 98 valence electrons. The first-order valence-corrected chi connectivity index (χ1v) is 5.85. The van der Waals surface area contributed by atoms with Crippen molar-refractivity contribution in [2.24, 2.45) is 19.8 Å². The van der Waals surface area contributed by atoms with Crippen molar-refractivity contribution in [3.8, 4) is 0 Å². The molecule has 0 radical (unpaired) electrons. The van der Waals surface area contributed by atoms with Gasteiger partial charge in [0.2, 0.25) is 0 Å². The molecule has 2 heterocycles. The zero-order valence-electron chi connectivity index (χ0n) is 10.7. The second kappa shape index (κ2) is 4.41. The van der Waals surface area contributed by atoms with Crippen molar-refractivity contribution in [3.05, 3.63) is 26.7 Å². The zero-order valence-corrected chi connectivity index (χ0v) is 10.7. The largest absolute Gasteiger partial charge is 0.336 e. The van der Waals surface area contributed by atoms with E-state index in [-0.39, 0.29) is 17.3 Å². The summed E-state index contributed by atoms with van der Waals surface area (Å²) in [4.78, 5) is 30.9. The first kappa shape index (κ1) is 12.6. The molecule has 1 unspecified atom stereocenters. The third-order valence-electron chi connectivity index (χ3n) is 3.12. The van der Waals surface area contributed by atoms with E-state index in [0.29, 0.717) is 23.4 Å². The summed E-state index contributed by atoms with van der Waals surface area (Å²) in [6, 6.07) is -0.00792. The van der Waals surface area contributed by atoms with Gasteiger partial charge in [0.15, 0.2) is 5.65 Å². The maximum Gasteiger partial charge on any atom is 0.332 e. The molecule has 2 aromatic rings. The fraction of sp³-hybridized carbons (Fsp3) is 0.545. The topological polar surface area (TPSA) is 98.7 Å². The highest BCUT2D eigenvalue weighted by atomic mass is 16.2. The summed E-state index contributed by atoms with van der Waals surface area (Å²) in [5.74, 6) is 0.637. The van der Waals surface area contributed by atoms with Gasteiger partial charge in [0, 0.05) is 26.6 Å². The third-order valence-corrected chi connectivity index (χ3v) is 3.12. The highest BCUT2D eigenvalue weighted by molar-refractivity contribution is 5.69. The Bertz CT molecular complexity index is 694. The molecule has 0 aliphatic rings. The zero-order chi connectivity index (χ0) is 13.4. The van der Waals surface area contributed by atoms with Gasteiger partial charge < -0.3 is 10.7 Å². The van der Waals surface area contributed by atoms with E-state index < -0.39 is 0 Å². The minimum absolute atomic E-state index is 0.00792. The average Bonchev–Trinajstić information content (AvgIpc) is 2.77. The number of nitrogens with one attached hydrogen (secondary N) is 1. The van der Waals surface area contributed by atoms with E-state index in [1.54, 1.807) is 7.05 Å². The van der Waals surface area contributed by atoms with Crippen LogP contribution in [-0.2, 0) is 20.5 Å². The molecule has 7 heteroatoms. The van der Waals surface area contributed by atoms with Crippen LogP contribution in [0.1, 0.15) is 19.2 Å². The van der Waals surface area contributed by atoms with Crippen molar-refractivity contribution in [2.45, 2.75) is 25.8 Å². The molecule has 0 aliphatic carbocycles. The first-order chi connectivity index (χ1) is 8.45. The van der Waals surface area contributed by atoms with Crippen molar-refractivity contribution in [3.63, 3.8) is 0 Å². The fourth-order valence-corrected chi connectivity index (χ4v) is 1.86. The van der Waals surface area contributed by atoms with Crippen LogP contribution in [0.25, 0.3) is 11.2 Å². The lowest BCUT2D eigenvalue weighted by Crippen LogP contribution is -2.36. The van der Waals surface area contributed by atoms with Crippen molar-refractivity contribution < 1.29 is 0 Å². The number of aromatic amines is 1. The molecule has 7 nitrogen and oxygen atoms in total. The Morgan fingerprint density at radius 1 is 1.33 bits per heavy atom. The van der Waals surface area contributed by atoms with Crippen molar-refractivity contribution in [1.29, 1.82) is 0 Å². The number of hydrogen-bond donors (Lipinski definition) is 2. The summed E-state index contributed by atoms with van der Waals surface area (Å²) in [6.07, 6.45) is 1.39. The minimum atomic E-state index is -0.384. The quantitative estimate of drug-likeness (QED) is 0.749. The molecule has 0 saturated heterocycles. The van der Waals surface area contributed by atoms with Gasteiger partial charge in [-0.25, -0.2) is 9.78 Å². The van der Waals surface area contributed by atoms with Gasteiger partial charge in [-0.15, -0.1) is 0 Å². The van der Waals surface area contributed by atoms with E-state index in [1.807, 2.05) is 6.92 Å². The van der Waals surface area contributed by atoms with Gasteiger partial charge in [0.25, 0.3) is 5.56 Å². The predicted molar refractivity (Wildman–Crippen MR) is 68.5 cm³/mol. The molecular weight excluding hydrogens is 234 g/mol. The SMILES string of the molecule is CCC(N)Cc1nc2c([nH]1)c(=O)n(C)c(=O)n2C. The van der Waals surface area contributed by atoms with E-state index in [1.165, 1.54) is 11.6 Å². The highest BCUT2D eigenvalue weighted by Crippen LogP contribution is 2.06. The predicted octanol–water partition coefficient (Wildman–Crippen LogP) is -0.760. The van der Waals surface area contributed by atoms with Crippen LogP contribution in [-0.4, -0.2) is 25.1 Å². The monoisotopic (exact) mass is 251 g/mol. The molecule has 0 spiro atoms. The van der Waals surface area contributed by atoms with Gasteiger partial charge in [0.05, 0.1) is 0 Å². The summed E-state index contributed by atoms with van der Waals surface area (Å²) in [7, 11) is 3.04. The van der Waals surface area contributed by atoms with Crippen molar-refractivity contribution in [1.82, 2.24) is 19.1 Å². The normalized spacial score (nSPS) is 13.1. The minimum Gasteiger partial charge on any atom is -0.336 e. The molecule has 1 atom stereocenters. The average molecular weight is 251 g/mol. The van der Waals surface area contributed by atoms with Crippen LogP contribution in [0.4, 0.5) is 0 Å². The van der Waals surface area contributed by atoms with Crippen LogP contribution in [0.3, 0.4) is 0 Å². The molecule has 0 bridgehead atoms. The van der Waals surface area contributed by atoms with Gasteiger partial charge in [-0.05, 0) is 6.42 Å². The summed E-state index contributed by atoms with van der Waals surface area (Å²) in [5.41, 5.74) is 5.82. The summed E-state index contributed by atoms with van der Waals surface area (Å²) < 4.78 is 2.41. The van der Waals surface area contributed by atoms with Crippen molar-refractivity contribution in [2.75, 3.05) is 0 Å². The number of aryl methyl sites for hydroxylation is 1. The molecular formula is C11H17N5O2. The summed E-state index contributed by atoms with van der Waals surface area (Å²) in [5, 5.41) is 0. The Morgan fingerprint density at radius 2 is 2.00 bits per heavy atom. The molecule has 0 saturated carbocycles. The molecule has 0 aliphatic heterocycles. The van der Waals surface area contributed by atoms with Gasteiger partial charge in [0.1, 0.15) is 11.3 Å². The Hall–Kier alpha value is -1.89. The standard InChI is InChI=1S/C11H17N5O2/c1-4-6(12)5-7-13-8-9(14-7)15(2)11(18)16(3)10(8)17/h6H,4-5,12H2,1-3H3,(H,13,14). The lowest BCUT2D eigenvalue weighted by Gasteiger charge is -2.04. The second-order valence-corrected chi connectivity index (χ2v) is 4.46. The van der Waals surface area contributed by atoms with E-state index in [9.17, 15) is 9.59 Å². The Labute approximate surface area is 103 Å². The van der Waals surface area contributed by atoms with Crippen LogP contribution in [0.2, 0.25) is 0 Å². The molecule has 18 heavy (non-hydrogen) atoms. The smallest absolute Gasteiger partial charge is 0.332 e.